The van der Waals surface area contributed by atoms with Gasteiger partial charge in [-0.3, -0.25) is 4.79 Å². The Morgan fingerprint density at radius 3 is 2.79 bits per heavy atom. The summed E-state index contributed by atoms with van der Waals surface area (Å²) in [5.41, 5.74) is -0.0694. The zero-order chi connectivity index (χ0) is 10.7. The number of carboxylic acid groups (broad SMARTS) is 1. The molecule has 1 aromatic rings. The average Bonchev–Trinajstić information content (AvgIpc) is 2.46. The van der Waals surface area contributed by atoms with E-state index in [0.717, 1.165) is 6.20 Å². The summed E-state index contributed by atoms with van der Waals surface area (Å²) >= 11 is 0. The fourth-order valence-corrected chi connectivity index (χ4v) is 0.949. The molecule has 6 nitrogen and oxygen atoms in total. The lowest BCUT2D eigenvalue weighted by Gasteiger charge is -2.03. The van der Waals surface area contributed by atoms with Crippen molar-refractivity contribution in [3.63, 3.8) is 0 Å². The zero-order valence-electron chi connectivity index (χ0n) is 7.52. The molecule has 0 aliphatic heterocycles. The summed E-state index contributed by atoms with van der Waals surface area (Å²) < 4.78 is 1.19. The number of nitrogens with zero attached hydrogens (tertiary/aromatic N) is 2. The smallest absolute Gasteiger partial charge is 0.341 e. The highest BCUT2D eigenvalue weighted by molar-refractivity contribution is 5.98. The first-order valence-electron chi connectivity index (χ1n) is 3.77. The molecule has 0 aromatic carbocycles. The number of anilines is 1. The molecule has 0 aliphatic carbocycles. The number of carbonyl (C=O) groups is 2. The SMILES string of the molecule is C=Cn1ncc(C(=O)O)c1NC(C)=O. The lowest BCUT2D eigenvalue weighted by molar-refractivity contribution is -0.114. The number of carboxylic acids is 1. The molecule has 14 heavy (non-hydrogen) atoms. The average molecular weight is 195 g/mol. The van der Waals surface area contributed by atoms with Gasteiger partial charge in [-0.15, -0.1) is 0 Å². The second-order valence-electron chi connectivity index (χ2n) is 2.52. The molecule has 1 rings (SSSR count). The van der Waals surface area contributed by atoms with Crippen molar-refractivity contribution in [2.75, 3.05) is 5.32 Å². The van der Waals surface area contributed by atoms with Gasteiger partial charge in [-0.25, -0.2) is 9.48 Å². The summed E-state index contributed by atoms with van der Waals surface area (Å²) in [5.74, 6) is -1.40. The number of aromatic carboxylic acids is 1. The molecule has 1 heterocycles. The first-order valence-corrected chi connectivity index (χ1v) is 3.77. The van der Waals surface area contributed by atoms with Crippen molar-refractivity contribution >= 4 is 23.9 Å². The Bertz CT molecular complexity index is 395. The predicted octanol–water partition coefficient (Wildman–Crippen LogP) is 0.640. The van der Waals surface area contributed by atoms with Gasteiger partial charge in [0.25, 0.3) is 0 Å². The Balaban J connectivity index is 3.18. The van der Waals surface area contributed by atoms with E-state index < -0.39 is 5.97 Å². The van der Waals surface area contributed by atoms with Crippen LogP contribution in [0, 0.1) is 0 Å². The Labute approximate surface area is 79.8 Å². The molecule has 0 fully saturated rings. The van der Waals surface area contributed by atoms with Crippen molar-refractivity contribution in [3.05, 3.63) is 18.3 Å². The lowest BCUT2D eigenvalue weighted by atomic mass is 10.3. The van der Waals surface area contributed by atoms with E-state index in [9.17, 15) is 9.59 Å². The molecule has 0 atom stereocenters. The van der Waals surface area contributed by atoms with Crippen LogP contribution in [0.2, 0.25) is 0 Å². The molecule has 2 N–H and O–H groups in total. The maximum Gasteiger partial charge on any atom is 0.341 e. The number of rotatable bonds is 3. The molecular formula is C8H9N3O3. The van der Waals surface area contributed by atoms with Gasteiger partial charge in [0.05, 0.1) is 6.20 Å². The summed E-state index contributed by atoms with van der Waals surface area (Å²) in [5, 5.41) is 14.8. The summed E-state index contributed by atoms with van der Waals surface area (Å²) in [6, 6.07) is 0. The largest absolute Gasteiger partial charge is 0.477 e. The summed E-state index contributed by atoms with van der Waals surface area (Å²) in [6.45, 7) is 4.71. The molecule has 0 spiro atoms. The van der Waals surface area contributed by atoms with Crippen LogP contribution in [0.1, 0.15) is 17.3 Å². The third-order valence-electron chi connectivity index (χ3n) is 1.49. The van der Waals surface area contributed by atoms with Crippen molar-refractivity contribution in [2.45, 2.75) is 6.92 Å². The number of hydrogen-bond acceptors (Lipinski definition) is 3. The molecule has 0 bridgehead atoms. The highest BCUT2D eigenvalue weighted by Gasteiger charge is 2.16. The Kier molecular flexibility index (Phi) is 2.66. The first kappa shape index (κ1) is 9.97. The van der Waals surface area contributed by atoms with Crippen molar-refractivity contribution < 1.29 is 14.7 Å². The van der Waals surface area contributed by atoms with E-state index in [-0.39, 0.29) is 17.3 Å². The van der Waals surface area contributed by atoms with E-state index in [0.29, 0.717) is 0 Å². The Hall–Kier alpha value is -2.11. The van der Waals surface area contributed by atoms with Crippen LogP contribution in [-0.2, 0) is 4.79 Å². The maximum atomic E-state index is 10.8. The molecule has 1 aromatic heterocycles. The molecule has 6 heteroatoms. The number of carbonyl (C=O) groups excluding carboxylic acids is 1. The van der Waals surface area contributed by atoms with Crippen LogP contribution in [0.5, 0.6) is 0 Å². The van der Waals surface area contributed by atoms with Crippen LogP contribution in [-0.4, -0.2) is 26.8 Å². The van der Waals surface area contributed by atoms with Gasteiger partial charge in [-0.05, 0) is 0 Å². The van der Waals surface area contributed by atoms with Crippen LogP contribution in [0.25, 0.3) is 6.20 Å². The Morgan fingerprint density at radius 2 is 2.36 bits per heavy atom. The molecule has 0 aliphatic rings. The van der Waals surface area contributed by atoms with E-state index in [1.807, 2.05) is 0 Å². The lowest BCUT2D eigenvalue weighted by Crippen LogP contribution is -2.12. The van der Waals surface area contributed by atoms with Gasteiger partial charge in [0, 0.05) is 13.1 Å². The predicted molar refractivity (Wildman–Crippen MR) is 49.9 cm³/mol. The van der Waals surface area contributed by atoms with Gasteiger partial charge in [-0.1, -0.05) is 6.58 Å². The summed E-state index contributed by atoms with van der Waals surface area (Å²) in [7, 11) is 0. The molecule has 0 radical (unpaired) electrons. The van der Waals surface area contributed by atoms with E-state index in [1.165, 1.54) is 17.8 Å². The second-order valence-corrected chi connectivity index (χ2v) is 2.52. The van der Waals surface area contributed by atoms with E-state index >= 15 is 0 Å². The van der Waals surface area contributed by atoms with Gasteiger partial charge in [-0.2, -0.15) is 5.10 Å². The van der Waals surface area contributed by atoms with E-state index in [1.54, 1.807) is 0 Å². The van der Waals surface area contributed by atoms with Crippen LogP contribution < -0.4 is 5.32 Å². The van der Waals surface area contributed by atoms with Gasteiger partial charge in [0.15, 0.2) is 0 Å². The third-order valence-corrected chi connectivity index (χ3v) is 1.49. The minimum Gasteiger partial charge on any atom is -0.477 e. The quantitative estimate of drug-likeness (QED) is 0.741. The number of nitrogens with one attached hydrogen (secondary N) is 1. The van der Waals surface area contributed by atoms with E-state index in [4.69, 9.17) is 5.11 Å². The maximum absolute atomic E-state index is 10.8. The van der Waals surface area contributed by atoms with Crippen molar-refractivity contribution in [1.82, 2.24) is 9.78 Å². The molecule has 0 unspecified atom stereocenters. The highest BCUT2D eigenvalue weighted by atomic mass is 16.4. The Morgan fingerprint density at radius 1 is 1.71 bits per heavy atom. The van der Waals surface area contributed by atoms with Crippen LogP contribution in [0.15, 0.2) is 12.8 Å². The molecule has 74 valence electrons. The van der Waals surface area contributed by atoms with Gasteiger partial charge in [0.2, 0.25) is 5.91 Å². The number of hydrogen-bond donors (Lipinski definition) is 2. The van der Waals surface area contributed by atoms with Crippen LogP contribution >= 0.6 is 0 Å². The van der Waals surface area contributed by atoms with Crippen molar-refractivity contribution in [2.24, 2.45) is 0 Å². The second kappa shape index (κ2) is 3.73. The number of amides is 1. The van der Waals surface area contributed by atoms with Gasteiger partial charge < -0.3 is 10.4 Å². The van der Waals surface area contributed by atoms with Crippen molar-refractivity contribution in [1.29, 1.82) is 0 Å². The van der Waals surface area contributed by atoms with Gasteiger partial charge in [0.1, 0.15) is 11.4 Å². The highest BCUT2D eigenvalue weighted by Crippen LogP contribution is 2.15. The summed E-state index contributed by atoms with van der Waals surface area (Å²) in [4.78, 5) is 21.5. The standard InChI is InChI=1S/C8H9N3O3/c1-3-11-7(10-5(2)12)6(4-9-11)8(13)14/h3-4H,1H2,2H3,(H,10,12)(H,13,14). The van der Waals surface area contributed by atoms with Crippen LogP contribution in [0.3, 0.4) is 0 Å². The fraction of sp³-hybridized carbons (Fsp3) is 0.125. The first-order chi connectivity index (χ1) is 6.56. The normalized spacial score (nSPS) is 9.50. The minimum absolute atomic E-state index is 0.0694. The minimum atomic E-state index is -1.15. The molecule has 1 amide bonds. The number of aromatic nitrogens is 2. The third kappa shape index (κ3) is 1.79. The zero-order valence-corrected chi connectivity index (χ0v) is 7.52. The molecular weight excluding hydrogens is 186 g/mol. The van der Waals surface area contributed by atoms with Crippen LogP contribution in [0.4, 0.5) is 5.82 Å². The molecule has 0 saturated heterocycles. The van der Waals surface area contributed by atoms with Gasteiger partial charge >= 0.3 is 5.97 Å². The topological polar surface area (TPSA) is 84.2 Å². The van der Waals surface area contributed by atoms with E-state index in [2.05, 4.69) is 17.0 Å². The molecule has 0 saturated carbocycles. The van der Waals surface area contributed by atoms with Crippen molar-refractivity contribution in [3.8, 4) is 0 Å². The monoisotopic (exact) mass is 195 g/mol. The fourth-order valence-electron chi connectivity index (χ4n) is 0.949. The summed E-state index contributed by atoms with van der Waals surface area (Å²) in [6.07, 6.45) is 2.45.